The van der Waals surface area contributed by atoms with Crippen LogP contribution < -0.4 is 10.1 Å². The molecule has 0 radical (unpaired) electrons. The van der Waals surface area contributed by atoms with Crippen molar-refractivity contribution in [2.75, 3.05) is 26.0 Å². The van der Waals surface area contributed by atoms with Crippen molar-refractivity contribution >= 4 is 35.9 Å². The molecule has 3 nitrogen and oxygen atoms in total. The Kier molecular flexibility index (Phi) is 6.39. The minimum absolute atomic E-state index is 0. The molecule has 0 aliphatic carbocycles. The maximum atomic E-state index is 5.25. The van der Waals surface area contributed by atoms with Crippen LogP contribution in [0.3, 0.4) is 0 Å². The van der Waals surface area contributed by atoms with Crippen molar-refractivity contribution in [1.29, 1.82) is 0 Å². The van der Waals surface area contributed by atoms with Gasteiger partial charge in [0.25, 0.3) is 0 Å². The molecule has 2 aromatic rings. The van der Waals surface area contributed by atoms with Gasteiger partial charge in [0, 0.05) is 29.4 Å². The molecule has 0 spiro atoms. The van der Waals surface area contributed by atoms with Gasteiger partial charge in [-0.1, -0.05) is 0 Å². The molecule has 100 valence electrons. The second-order valence-corrected chi connectivity index (χ2v) is 4.40. The molecule has 18 heavy (non-hydrogen) atoms. The number of halogens is 1. The summed E-state index contributed by atoms with van der Waals surface area (Å²) in [5.41, 5.74) is 2.49. The molecule has 2 rings (SSSR count). The van der Waals surface area contributed by atoms with Crippen molar-refractivity contribution in [3.8, 4) is 5.75 Å². The van der Waals surface area contributed by atoms with E-state index in [0.717, 1.165) is 36.5 Å². The van der Waals surface area contributed by atoms with Gasteiger partial charge in [0.2, 0.25) is 0 Å². The molecule has 1 aromatic heterocycles. The van der Waals surface area contributed by atoms with Crippen molar-refractivity contribution in [1.82, 2.24) is 10.3 Å². The molecule has 0 amide bonds. The van der Waals surface area contributed by atoms with Crippen LogP contribution in [0.1, 0.15) is 5.56 Å². The number of hydrogen-bond acceptors (Lipinski definition) is 3. The fraction of sp³-hybridized carbons (Fsp3) is 0.385. The topological polar surface area (TPSA) is 37.0 Å². The lowest BCUT2D eigenvalue weighted by Gasteiger charge is -2.03. The first-order valence-corrected chi connectivity index (χ1v) is 6.44. The third-order valence-electron chi connectivity index (χ3n) is 2.83. The van der Waals surface area contributed by atoms with E-state index in [1.165, 1.54) is 10.9 Å². The second kappa shape index (κ2) is 7.56. The van der Waals surface area contributed by atoms with E-state index in [-0.39, 0.29) is 12.4 Å². The van der Waals surface area contributed by atoms with Crippen molar-refractivity contribution in [2.24, 2.45) is 0 Å². The number of benzene rings is 1. The Labute approximate surface area is 119 Å². The van der Waals surface area contributed by atoms with Crippen LogP contribution in [0.25, 0.3) is 10.9 Å². The Balaban J connectivity index is 0.00000162. The van der Waals surface area contributed by atoms with Gasteiger partial charge in [0.15, 0.2) is 0 Å². The van der Waals surface area contributed by atoms with E-state index in [0.29, 0.717) is 0 Å². The highest BCUT2D eigenvalue weighted by molar-refractivity contribution is 7.80. The number of H-pyrrole nitrogens is 1. The lowest BCUT2D eigenvalue weighted by atomic mass is 10.1. The van der Waals surface area contributed by atoms with E-state index in [9.17, 15) is 0 Å². The van der Waals surface area contributed by atoms with Crippen LogP contribution in [0, 0.1) is 0 Å². The summed E-state index contributed by atoms with van der Waals surface area (Å²) in [5.74, 6) is 1.78. The van der Waals surface area contributed by atoms with Crippen LogP contribution in [-0.2, 0) is 6.42 Å². The van der Waals surface area contributed by atoms with Crippen molar-refractivity contribution in [3.05, 3.63) is 30.0 Å². The second-order valence-electron chi connectivity index (χ2n) is 3.95. The minimum Gasteiger partial charge on any atom is -0.497 e. The summed E-state index contributed by atoms with van der Waals surface area (Å²) in [4.78, 5) is 3.28. The molecule has 2 N–H and O–H groups in total. The number of methoxy groups -OCH3 is 1. The van der Waals surface area contributed by atoms with Crippen LogP contribution in [-0.4, -0.2) is 30.9 Å². The maximum absolute atomic E-state index is 5.25. The number of rotatable bonds is 6. The highest BCUT2D eigenvalue weighted by Crippen LogP contribution is 2.23. The lowest BCUT2D eigenvalue weighted by molar-refractivity contribution is 0.415. The number of aromatic nitrogens is 1. The molecule has 0 aliphatic heterocycles. The predicted octanol–water partition coefficient (Wildman–Crippen LogP) is 2.66. The number of thiol groups is 1. The summed E-state index contributed by atoms with van der Waals surface area (Å²) in [7, 11) is 1.70. The average molecular weight is 287 g/mol. The summed E-state index contributed by atoms with van der Waals surface area (Å²) in [6.45, 7) is 1.93. The first-order chi connectivity index (χ1) is 8.35. The standard InChI is InChI=1S/C13H18N2OS.ClH/c1-16-11-2-3-13-12(8-11)10(9-15-13)4-5-14-6-7-17;/h2-3,8-9,14-15,17H,4-7H2,1H3;1H. The fourth-order valence-corrected chi connectivity index (χ4v) is 2.08. The molecular formula is C13H19ClN2OS. The third-order valence-corrected chi connectivity index (χ3v) is 3.06. The highest BCUT2D eigenvalue weighted by Gasteiger charge is 2.04. The van der Waals surface area contributed by atoms with Gasteiger partial charge in [0.1, 0.15) is 5.75 Å². The number of ether oxygens (including phenoxy) is 1. The van der Waals surface area contributed by atoms with Gasteiger partial charge in [-0.15, -0.1) is 12.4 Å². The van der Waals surface area contributed by atoms with Gasteiger partial charge in [-0.25, -0.2) is 0 Å². The Morgan fingerprint density at radius 1 is 1.33 bits per heavy atom. The quantitative estimate of drug-likeness (QED) is 0.564. The summed E-state index contributed by atoms with van der Waals surface area (Å²) in [5, 5.41) is 4.59. The number of hydrogen-bond donors (Lipinski definition) is 3. The molecule has 5 heteroatoms. The predicted molar refractivity (Wildman–Crippen MR) is 82.5 cm³/mol. The molecule has 0 saturated carbocycles. The number of aromatic amines is 1. The van der Waals surface area contributed by atoms with E-state index in [4.69, 9.17) is 4.74 Å². The Bertz CT molecular complexity index is 487. The zero-order valence-electron chi connectivity index (χ0n) is 10.4. The Morgan fingerprint density at radius 2 is 2.17 bits per heavy atom. The third kappa shape index (κ3) is 3.57. The van der Waals surface area contributed by atoms with E-state index in [2.05, 4.69) is 41.3 Å². The van der Waals surface area contributed by atoms with E-state index < -0.39 is 0 Å². The van der Waals surface area contributed by atoms with Gasteiger partial charge in [-0.2, -0.15) is 12.6 Å². The fourth-order valence-electron chi connectivity index (χ4n) is 1.92. The minimum atomic E-state index is 0. The van der Waals surface area contributed by atoms with Crippen molar-refractivity contribution in [2.45, 2.75) is 6.42 Å². The molecule has 0 aliphatic rings. The molecule has 0 atom stereocenters. The molecule has 0 fully saturated rings. The summed E-state index contributed by atoms with van der Waals surface area (Å²) in [6, 6.07) is 6.11. The number of nitrogens with one attached hydrogen (secondary N) is 2. The number of fused-ring (bicyclic) bond motifs is 1. The van der Waals surface area contributed by atoms with E-state index in [1.807, 2.05) is 6.07 Å². The van der Waals surface area contributed by atoms with Crippen LogP contribution in [0.2, 0.25) is 0 Å². The first-order valence-electron chi connectivity index (χ1n) is 5.80. The van der Waals surface area contributed by atoms with Crippen LogP contribution in [0.5, 0.6) is 5.75 Å². The monoisotopic (exact) mass is 286 g/mol. The smallest absolute Gasteiger partial charge is 0.119 e. The molecule has 0 bridgehead atoms. The van der Waals surface area contributed by atoms with Crippen molar-refractivity contribution in [3.63, 3.8) is 0 Å². The van der Waals surface area contributed by atoms with E-state index in [1.54, 1.807) is 7.11 Å². The average Bonchev–Trinajstić information content (AvgIpc) is 2.77. The van der Waals surface area contributed by atoms with Crippen LogP contribution >= 0.6 is 25.0 Å². The zero-order chi connectivity index (χ0) is 12.1. The molecular weight excluding hydrogens is 268 g/mol. The summed E-state index contributed by atoms with van der Waals surface area (Å²) in [6.07, 6.45) is 3.09. The van der Waals surface area contributed by atoms with Gasteiger partial charge in [-0.3, -0.25) is 0 Å². The molecule has 1 heterocycles. The first kappa shape index (κ1) is 15.2. The Hall–Kier alpha value is -0.840. The Morgan fingerprint density at radius 3 is 2.89 bits per heavy atom. The van der Waals surface area contributed by atoms with Crippen LogP contribution in [0.4, 0.5) is 0 Å². The molecule has 1 aromatic carbocycles. The van der Waals surface area contributed by atoms with Gasteiger partial charge < -0.3 is 15.0 Å². The van der Waals surface area contributed by atoms with Crippen LogP contribution in [0.15, 0.2) is 24.4 Å². The zero-order valence-corrected chi connectivity index (χ0v) is 12.1. The molecule has 0 saturated heterocycles. The molecule has 0 unspecified atom stereocenters. The van der Waals surface area contributed by atoms with Gasteiger partial charge in [-0.05, 0) is 36.7 Å². The van der Waals surface area contributed by atoms with Gasteiger partial charge in [0.05, 0.1) is 7.11 Å². The lowest BCUT2D eigenvalue weighted by Crippen LogP contribution is -2.19. The van der Waals surface area contributed by atoms with E-state index >= 15 is 0 Å². The largest absolute Gasteiger partial charge is 0.497 e. The summed E-state index contributed by atoms with van der Waals surface area (Å²) < 4.78 is 5.25. The van der Waals surface area contributed by atoms with Gasteiger partial charge >= 0.3 is 0 Å². The maximum Gasteiger partial charge on any atom is 0.119 e. The highest BCUT2D eigenvalue weighted by atomic mass is 35.5. The summed E-state index contributed by atoms with van der Waals surface area (Å²) >= 11 is 4.17. The SMILES string of the molecule is COc1ccc2[nH]cc(CCNCCS)c2c1.Cl. The normalized spacial score (nSPS) is 10.3. The van der Waals surface area contributed by atoms with Crippen molar-refractivity contribution < 1.29 is 4.74 Å².